The van der Waals surface area contributed by atoms with E-state index in [2.05, 4.69) is 56.4 Å². The molecule has 0 saturated heterocycles. The van der Waals surface area contributed by atoms with Crippen LogP contribution >= 0.6 is 0 Å². The average Bonchev–Trinajstić information content (AvgIpc) is 2.89. The summed E-state index contributed by atoms with van der Waals surface area (Å²) in [5.74, 6) is 2.59. The summed E-state index contributed by atoms with van der Waals surface area (Å²) in [6, 6.07) is 13.1. The summed E-state index contributed by atoms with van der Waals surface area (Å²) in [6.45, 7) is 5.37. The second-order valence-electron chi connectivity index (χ2n) is 10.5. The van der Waals surface area contributed by atoms with Crippen molar-refractivity contribution >= 4 is 0 Å². The van der Waals surface area contributed by atoms with Crippen molar-refractivity contribution < 1.29 is 4.74 Å². The van der Waals surface area contributed by atoms with Crippen LogP contribution in [0.1, 0.15) is 128 Å². The molecule has 0 unspecified atom stereocenters. The Kier molecular flexibility index (Phi) is 12.6. The monoisotopic (exact) mass is 463 g/mol. The van der Waals surface area contributed by atoms with Crippen molar-refractivity contribution in [1.29, 1.82) is 0 Å². The van der Waals surface area contributed by atoms with E-state index < -0.39 is 0 Å². The van der Waals surface area contributed by atoms with Crippen LogP contribution < -0.4 is 4.74 Å². The maximum absolute atomic E-state index is 5.91. The Labute approximate surface area is 209 Å². The molecule has 0 bridgehead atoms. The van der Waals surface area contributed by atoms with Gasteiger partial charge in [0.15, 0.2) is 0 Å². The van der Waals surface area contributed by atoms with Gasteiger partial charge >= 0.3 is 0 Å². The highest BCUT2D eigenvalue weighted by Gasteiger charge is 2.22. The van der Waals surface area contributed by atoms with Crippen LogP contribution in [-0.2, 0) is 0 Å². The second kappa shape index (κ2) is 16.0. The molecule has 188 valence electrons. The third kappa shape index (κ3) is 9.43. The summed E-state index contributed by atoms with van der Waals surface area (Å²) < 4.78 is 5.91. The first kappa shape index (κ1) is 26.8. The van der Waals surface area contributed by atoms with E-state index in [0.29, 0.717) is 5.92 Å². The molecule has 0 spiro atoms. The molecule has 1 aromatic heterocycles. The number of hydrogen-bond acceptors (Lipinski definition) is 2. The number of unbranched alkanes of at least 4 members (excludes halogenated alkanes) is 9. The first-order valence-corrected chi connectivity index (χ1v) is 14.5. The van der Waals surface area contributed by atoms with E-state index >= 15 is 0 Å². The lowest BCUT2D eigenvalue weighted by atomic mass is 9.78. The van der Waals surface area contributed by atoms with Gasteiger partial charge in [0.05, 0.1) is 6.61 Å². The maximum atomic E-state index is 5.91. The molecule has 0 N–H and O–H groups in total. The lowest BCUT2D eigenvalue weighted by molar-refractivity contribution is 0.299. The van der Waals surface area contributed by atoms with E-state index in [-0.39, 0.29) is 0 Å². The standard InChI is InChI=1S/C32H49NO/c1-3-5-7-9-10-12-14-27-15-17-29(18-16-27)32-24-21-30(26-33-32)28-19-22-31(23-20-28)34-25-13-11-8-6-4-2/h19-24,26-27,29H,3-18,25H2,1-2H3. The highest BCUT2D eigenvalue weighted by atomic mass is 16.5. The Morgan fingerprint density at radius 1 is 0.676 bits per heavy atom. The lowest BCUT2D eigenvalue weighted by Crippen LogP contribution is -2.14. The van der Waals surface area contributed by atoms with Crippen LogP contribution in [0, 0.1) is 5.92 Å². The summed E-state index contributed by atoms with van der Waals surface area (Å²) in [5.41, 5.74) is 3.72. The molecule has 34 heavy (non-hydrogen) atoms. The van der Waals surface area contributed by atoms with Crippen LogP contribution in [0.3, 0.4) is 0 Å². The minimum absolute atomic E-state index is 0.656. The van der Waals surface area contributed by atoms with Crippen molar-refractivity contribution in [3.8, 4) is 16.9 Å². The number of rotatable bonds is 16. The van der Waals surface area contributed by atoms with Crippen molar-refractivity contribution in [2.75, 3.05) is 6.61 Å². The Morgan fingerprint density at radius 3 is 1.94 bits per heavy atom. The molecule has 1 aromatic carbocycles. The molecule has 1 fully saturated rings. The Balaban J connectivity index is 1.37. The second-order valence-corrected chi connectivity index (χ2v) is 10.5. The zero-order valence-electron chi connectivity index (χ0n) is 22.1. The highest BCUT2D eigenvalue weighted by molar-refractivity contribution is 5.63. The van der Waals surface area contributed by atoms with Gasteiger partial charge in [-0.3, -0.25) is 4.98 Å². The molecule has 3 rings (SSSR count). The quantitative estimate of drug-likeness (QED) is 0.231. The average molecular weight is 464 g/mol. The topological polar surface area (TPSA) is 22.1 Å². The zero-order chi connectivity index (χ0) is 23.8. The zero-order valence-corrected chi connectivity index (χ0v) is 22.1. The van der Waals surface area contributed by atoms with E-state index in [1.54, 1.807) is 0 Å². The van der Waals surface area contributed by atoms with E-state index in [1.807, 2.05) is 0 Å². The number of aromatic nitrogens is 1. The van der Waals surface area contributed by atoms with Gasteiger partial charge in [-0.2, -0.15) is 0 Å². The molecule has 1 aliphatic carbocycles. The fourth-order valence-corrected chi connectivity index (χ4v) is 5.42. The molecule has 0 atom stereocenters. The van der Waals surface area contributed by atoms with Gasteiger partial charge in [-0.25, -0.2) is 0 Å². The van der Waals surface area contributed by atoms with Crippen LogP contribution in [0.15, 0.2) is 42.6 Å². The maximum Gasteiger partial charge on any atom is 0.119 e. The highest BCUT2D eigenvalue weighted by Crippen LogP contribution is 2.37. The van der Waals surface area contributed by atoms with E-state index in [1.165, 1.54) is 113 Å². The van der Waals surface area contributed by atoms with Crippen LogP contribution in [0.2, 0.25) is 0 Å². The van der Waals surface area contributed by atoms with Crippen molar-refractivity contribution in [1.82, 2.24) is 4.98 Å². The molecule has 1 saturated carbocycles. The van der Waals surface area contributed by atoms with Gasteiger partial charge in [0.25, 0.3) is 0 Å². The molecule has 0 amide bonds. The van der Waals surface area contributed by atoms with Crippen molar-refractivity contribution in [3.05, 3.63) is 48.3 Å². The van der Waals surface area contributed by atoms with Gasteiger partial charge < -0.3 is 4.74 Å². The van der Waals surface area contributed by atoms with Crippen LogP contribution in [0.5, 0.6) is 5.75 Å². The Morgan fingerprint density at radius 2 is 1.29 bits per heavy atom. The van der Waals surface area contributed by atoms with Crippen molar-refractivity contribution in [3.63, 3.8) is 0 Å². The lowest BCUT2D eigenvalue weighted by Gasteiger charge is -2.28. The SMILES string of the molecule is CCCCCCCCC1CCC(c2ccc(-c3ccc(OCCCCCCC)cc3)cn2)CC1. The number of nitrogens with zero attached hydrogens (tertiary/aromatic N) is 1. The summed E-state index contributed by atoms with van der Waals surface area (Å²) in [5, 5.41) is 0. The minimum atomic E-state index is 0.656. The number of benzene rings is 1. The normalized spacial score (nSPS) is 18.2. The third-order valence-corrected chi connectivity index (χ3v) is 7.72. The van der Waals surface area contributed by atoms with E-state index in [4.69, 9.17) is 9.72 Å². The number of hydrogen-bond donors (Lipinski definition) is 0. The first-order chi connectivity index (χ1) is 16.8. The number of pyridine rings is 1. The van der Waals surface area contributed by atoms with Crippen LogP contribution in [-0.4, -0.2) is 11.6 Å². The predicted molar refractivity (Wildman–Crippen MR) is 147 cm³/mol. The van der Waals surface area contributed by atoms with Crippen molar-refractivity contribution in [2.24, 2.45) is 5.92 Å². The van der Waals surface area contributed by atoms with Gasteiger partial charge in [0.1, 0.15) is 5.75 Å². The summed E-state index contributed by atoms with van der Waals surface area (Å²) in [6.07, 6.45) is 23.8. The molecule has 2 nitrogen and oxygen atoms in total. The molecule has 2 aromatic rings. The molecule has 1 aliphatic rings. The molecular weight excluding hydrogens is 414 g/mol. The van der Waals surface area contributed by atoms with Gasteiger partial charge in [0.2, 0.25) is 0 Å². The fraction of sp³-hybridized carbons (Fsp3) is 0.656. The smallest absolute Gasteiger partial charge is 0.119 e. The summed E-state index contributed by atoms with van der Waals surface area (Å²) in [7, 11) is 0. The Hall–Kier alpha value is -1.83. The number of ether oxygens (including phenoxy) is 1. The summed E-state index contributed by atoms with van der Waals surface area (Å²) >= 11 is 0. The third-order valence-electron chi connectivity index (χ3n) is 7.72. The van der Waals surface area contributed by atoms with E-state index in [0.717, 1.165) is 24.7 Å². The Bertz CT molecular complexity index is 759. The molecule has 1 heterocycles. The van der Waals surface area contributed by atoms with E-state index in [9.17, 15) is 0 Å². The first-order valence-electron chi connectivity index (χ1n) is 14.5. The molecule has 0 aliphatic heterocycles. The van der Waals surface area contributed by atoms with Gasteiger partial charge in [-0.1, -0.05) is 103 Å². The van der Waals surface area contributed by atoms with Gasteiger partial charge in [-0.05, 0) is 61.8 Å². The summed E-state index contributed by atoms with van der Waals surface area (Å²) in [4.78, 5) is 4.88. The van der Waals surface area contributed by atoms with Crippen LogP contribution in [0.4, 0.5) is 0 Å². The molecular formula is C32H49NO. The molecule has 2 heteroatoms. The predicted octanol–water partition coefficient (Wildman–Crippen LogP) is 10.1. The minimum Gasteiger partial charge on any atom is -0.494 e. The van der Waals surface area contributed by atoms with Crippen LogP contribution in [0.25, 0.3) is 11.1 Å². The van der Waals surface area contributed by atoms with Crippen molar-refractivity contribution in [2.45, 2.75) is 122 Å². The largest absolute Gasteiger partial charge is 0.494 e. The van der Waals surface area contributed by atoms with Gasteiger partial charge in [-0.15, -0.1) is 0 Å². The molecule has 0 radical (unpaired) electrons. The fourth-order valence-electron chi connectivity index (χ4n) is 5.42. The van der Waals surface area contributed by atoms with Gasteiger partial charge in [0, 0.05) is 23.4 Å².